The number of aromatic nitrogens is 6. The van der Waals surface area contributed by atoms with Gasteiger partial charge in [0.05, 0.1) is 0 Å². The third-order valence-electron chi connectivity index (χ3n) is 2.35. The van der Waals surface area contributed by atoms with Crippen LogP contribution in [0.25, 0.3) is 5.95 Å². The zero-order chi connectivity index (χ0) is 14.5. The zero-order valence-electron chi connectivity index (χ0n) is 11.1. The Hall–Kier alpha value is -2.78. The number of carbonyl (C=O) groups excluding carboxylic acids is 1. The summed E-state index contributed by atoms with van der Waals surface area (Å²) in [6, 6.07) is -0.601. The minimum absolute atomic E-state index is 0.229. The molecule has 2 rings (SSSR count). The Bertz CT molecular complexity index is 582. The van der Waals surface area contributed by atoms with Crippen LogP contribution in [0.4, 0.5) is 11.9 Å². The Morgan fingerprint density at radius 2 is 2.15 bits per heavy atom. The molecule has 0 aliphatic heterocycles. The van der Waals surface area contributed by atoms with Gasteiger partial charge in [0.1, 0.15) is 18.7 Å². The fourth-order valence-electron chi connectivity index (χ4n) is 1.35. The lowest BCUT2D eigenvalue weighted by atomic mass is 10.3. The van der Waals surface area contributed by atoms with Crippen LogP contribution in [0, 0.1) is 0 Å². The SMILES string of the molecule is CCNc1nc(NC(C)C(N)=O)nc(-n2cncn2)n1. The Labute approximate surface area is 114 Å². The van der Waals surface area contributed by atoms with Crippen LogP contribution < -0.4 is 16.4 Å². The highest BCUT2D eigenvalue weighted by Gasteiger charge is 2.13. The molecule has 0 spiro atoms. The minimum Gasteiger partial charge on any atom is -0.368 e. The van der Waals surface area contributed by atoms with Crippen LogP contribution in [0.2, 0.25) is 0 Å². The lowest BCUT2D eigenvalue weighted by molar-refractivity contribution is -0.118. The van der Waals surface area contributed by atoms with Gasteiger partial charge in [-0.15, -0.1) is 0 Å². The molecule has 0 bridgehead atoms. The van der Waals surface area contributed by atoms with Gasteiger partial charge in [-0.1, -0.05) is 0 Å². The summed E-state index contributed by atoms with van der Waals surface area (Å²) in [6.45, 7) is 4.18. The average Bonchev–Trinajstić information content (AvgIpc) is 2.92. The van der Waals surface area contributed by atoms with Gasteiger partial charge >= 0.3 is 0 Å². The molecule has 2 aromatic rings. The molecule has 1 atom stereocenters. The Morgan fingerprint density at radius 3 is 2.75 bits per heavy atom. The molecular weight excluding hydrogens is 262 g/mol. The van der Waals surface area contributed by atoms with Crippen LogP contribution in [-0.4, -0.2) is 48.2 Å². The van der Waals surface area contributed by atoms with Crippen LogP contribution in [0.15, 0.2) is 12.7 Å². The van der Waals surface area contributed by atoms with Gasteiger partial charge in [0.15, 0.2) is 0 Å². The third kappa shape index (κ3) is 3.16. The largest absolute Gasteiger partial charge is 0.368 e. The van der Waals surface area contributed by atoms with Gasteiger partial charge in [0.25, 0.3) is 5.95 Å². The first kappa shape index (κ1) is 13.6. The first-order chi connectivity index (χ1) is 9.60. The van der Waals surface area contributed by atoms with Crippen molar-refractivity contribution in [1.29, 1.82) is 0 Å². The van der Waals surface area contributed by atoms with Crippen molar-refractivity contribution in [2.24, 2.45) is 5.73 Å². The molecule has 1 amide bonds. The third-order valence-corrected chi connectivity index (χ3v) is 2.35. The number of nitrogens with zero attached hydrogens (tertiary/aromatic N) is 6. The highest BCUT2D eigenvalue weighted by atomic mass is 16.1. The normalized spacial score (nSPS) is 11.9. The lowest BCUT2D eigenvalue weighted by Gasteiger charge is -2.12. The number of amides is 1. The van der Waals surface area contributed by atoms with Crippen molar-refractivity contribution >= 4 is 17.8 Å². The predicted octanol–water partition coefficient (Wildman–Crippen LogP) is -0.830. The van der Waals surface area contributed by atoms with E-state index >= 15 is 0 Å². The van der Waals surface area contributed by atoms with Crippen molar-refractivity contribution in [2.45, 2.75) is 19.9 Å². The monoisotopic (exact) mass is 277 g/mol. The summed E-state index contributed by atoms with van der Waals surface area (Å²) in [4.78, 5) is 27.4. The van der Waals surface area contributed by atoms with E-state index in [1.165, 1.54) is 17.3 Å². The predicted molar refractivity (Wildman–Crippen MR) is 71.2 cm³/mol. The van der Waals surface area contributed by atoms with Gasteiger partial charge in [-0.2, -0.15) is 24.7 Å². The second kappa shape index (κ2) is 5.91. The number of nitrogens with two attached hydrogens (primary N) is 1. The molecule has 0 aliphatic rings. The van der Waals surface area contributed by atoms with E-state index in [4.69, 9.17) is 5.73 Å². The van der Waals surface area contributed by atoms with Gasteiger partial charge in [-0.3, -0.25) is 4.79 Å². The first-order valence-electron chi connectivity index (χ1n) is 6.01. The van der Waals surface area contributed by atoms with Gasteiger partial charge in [0, 0.05) is 6.54 Å². The number of carbonyl (C=O) groups is 1. The summed E-state index contributed by atoms with van der Waals surface area (Å²) in [7, 11) is 0. The molecule has 0 aromatic carbocycles. The van der Waals surface area contributed by atoms with E-state index in [2.05, 4.69) is 35.7 Å². The summed E-state index contributed by atoms with van der Waals surface area (Å²) >= 11 is 0. The van der Waals surface area contributed by atoms with Crippen LogP contribution in [0.5, 0.6) is 0 Å². The molecule has 0 saturated carbocycles. The summed E-state index contributed by atoms with van der Waals surface area (Å²) in [6.07, 6.45) is 2.84. The molecule has 1 unspecified atom stereocenters. The Morgan fingerprint density at radius 1 is 1.40 bits per heavy atom. The van der Waals surface area contributed by atoms with Crippen molar-refractivity contribution in [3.8, 4) is 5.95 Å². The molecular formula is C10H15N9O. The highest BCUT2D eigenvalue weighted by Crippen LogP contribution is 2.09. The molecule has 4 N–H and O–H groups in total. The second-order valence-corrected chi connectivity index (χ2v) is 3.92. The minimum atomic E-state index is -0.601. The maximum atomic E-state index is 11.1. The topological polar surface area (TPSA) is 137 Å². The van der Waals surface area contributed by atoms with E-state index in [0.717, 1.165) is 0 Å². The molecule has 0 aliphatic carbocycles. The number of nitrogens with one attached hydrogen (secondary N) is 2. The van der Waals surface area contributed by atoms with Crippen molar-refractivity contribution in [1.82, 2.24) is 29.7 Å². The maximum Gasteiger partial charge on any atom is 0.258 e. The van der Waals surface area contributed by atoms with Gasteiger partial charge in [0.2, 0.25) is 17.8 Å². The Balaban J connectivity index is 2.33. The van der Waals surface area contributed by atoms with E-state index < -0.39 is 11.9 Å². The quantitative estimate of drug-likeness (QED) is 0.622. The highest BCUT2D eigenvalue weighted by molar-refractivity contribution is 5.81. The molecule has 2 aromatic heterocycles. The first-order valence-corrected chi connectivity index (χ1v) is 6.01. The molecule has 0 fully saturated rings. The van der Waals surface area contributed by atoms with E-state index in [1.54, 1.807) is 6.92 Å². The van der Waals surface area contributed by atoms with Crippen molar-refractivity contribution in [3.63, 3.8) is 0 Å². The van der Waals surface area contributed by atoms with E-state index in [0.29, 0.717) is 12.5 Å². The molecule has 2 heterocycles. The zero-order valence-corrected chi connectivity index (χ0v) is 11.1. The molecule has 10 nitrogen and oxygen atoms in total. The molecule has 0 radical (unpaired) electrons. The number of hydrogen-bond donors (Lipinski definition) is 3. The van der Waals surface area contributed by atoms with E-state index in [-0.39, 0.29) is 11.9 Å². The maximum absolute atomic E-state index is 11.1. The van der Waals surface area contributed by atoms with E-state index in [1.807, 2.05) is 6.92 Å². The smallest absolute Gasteiger partial charge is 0.258 e. The number of hydrogen-bond acceptors (Lipinski definition) is 8. The molecule has 106 valence electrons. The number of rotatable bonds is 6. The van der Waals surface area contributed by atoms with E-state index in [9.17, 15) is 4.79 Å². The summed E-state index contributed by atoms with van der Waals surface area (Å²) in [5.41, 5.74) is 5.20. The summed E-state index contributed by atoms with van der Waals surface area (Å²) in [5.74, 6) is 0.380. The fourth-order valence-corrected chi connectivity index (χ4v) is 1.35. The second-order valence-electron chi connectivity index (χ2n) is 3.92. The summed E-state index contributed by atoms with van der Waals surface area (Å²) < 4.78 is 1.39. The number of primary amides is 1. The molecule has 10 heteroatoms. The van der Waals surface area contributed by atoms with Gasteiger partial charge < -0.3 is 16.4 Å². The van der Waals surface area contributed by atoms with Gasteiger partial charge in [-0.25, -0.2) is 4.98 Å². The number of anilines is 2. The van der Waals surface area contributed by atoms with Crippen LogP contribution >= 0.6 is 0 Å². The molecule has 20 heavy (non-hydrogen) atoms. The van der Waals surface area contributed by atoms with Crippen molar-refractivity contribution < 1.29 is 4.79 Å². The van der Waals surface area contributed by atoms with Crippen LogP contribution in [0.3, 0.4) is 0 Å². The Kier molecular flexibility index (Phi) is 4.03. The van der Waals surface area contributed by atoms with Crippen molar-refractivity contribution in [2.75, 3.05) is 17.2 Å². The average molecular weight is 277 g/mol. The standard InChI is InChI=1S/C10H15N9O/c1-3-13-8-16-9(15-6(2)7(11)20)18-10(17-8)19-5-12-4-14-19/h4-6H,3H2,1-2H3,(H2,11,20)(H2,13,15,16,17,18). The van der Waals surface area contributed by atoms with Crippen LogP contribution in [-0.2, 0) is 4.79 Å². The summed E-state index contributed by atoms with van der Waals surface area (Å²) in [5, 5.41) is 9.73. The van der Waals surface area contributed by atoms with Crippen molar-refractivity contribution in [3.05, 3.63) is 12.7 Å². The lowest BCUT2D eigenvalue weighted by Crippen LogP contribution is -2.33. The van der Waals surface area contributed by atoms with Gasteiger partial charge in [-0.05, 0) is 13.8 Å². The fraction of sp³-hybridized carbons (Fsp3) is 0.400. The van der Waals surface area contributed by atoms with Crippen LogP contribution in [0.1, 0.15) is 13.8 Å². The molecule has 0 saturated heterocycles.